The van der Waals surface area contributed by atoms with Gasteiger partial charge in [-0.3, -0.25) is 4.79 Å². The number of hydrogen-bond acceptors (Lipinski definition) is 4. The Bertz CT molecular complexity index is 523. The first-order chi connectivity index (χ1) is 10.2. The summed E-state index contributed by atoms with van der Waals surface area (Å²) in [5, 5.41) is 0. The number of fused-ring (bicyclic) bond motifs is 1. The Kier molecular flexibility index (Phi) is 4.40. The minimum Gasteiger partial charge on any atom is -0.497 e. The highest BCUT2D eigenvalue weighted by atomic mass is 32.2. The third-order valence-electron chi connectivity index (χ3n) is 4.67. The number of amides is 1. The predicted molar refractivity (Wildman–Crippen MR) is 84.5 cm³/mol. The molecular formula is C16H22N2O2S. The van der Waals surface area contributed by atoms with Crippen molar-refractivity contribution < 1.29 is 9.53 Å². The Balaban J connectivity index is 1.53. The van der Waals surface area contributed by atoms with E-state index >= 15 is 0 Å². The summed E-state index contributed by atoms with van der Waals surface area (Å²) in [5.74, 6) is 2.70. The third-order valence-corrected chi connectivity index (χ3v) is 5.65. The number of nitrogens with zero attached hydrogens (tertiary/aromatic N) is 1. The van der Waals surface area contributed by atoms with Gasteiger partial charge in [0.25, 0.3) is 0 Å². The quantitative estimate of drug-likeness (QED) is 0.864. The molecule has 3 unspecified atom stereocenters. The molecule has 1 aromatic rings. The fourth-order valence-electron chi connectivity index (χ4n) is 3.44. The lowest BCUT2D eigenvalue weighted by Gasteiger charge is -2.18. The molecule has 0 radical (unpaired) electrons. The van der Waals surface area contributed by atoms with Crippen LogP contribution in [-0.2, 0) is 4.79 Å². The normalized spacial score (nSPS) is 27.7. The zero-order valence-electron chi connectivity index (χ0n) is 12.3. The largest absolute Gasteiger partial charge is 0.497 e. The van der Waals surface area contributed by atoms with Crippen molar-refractivity contribution in [2.45, 2.75) is 23.8 Å². The summed E-state index contributed by atoms with van der Waals surface area (Å²) < 4.78 is 5.20. The van der Waals surface area contributed by atoms with Crippen molar-refractivity contribution >= 4 is 17.7 Å². The van der Waals surface area contributed by atoms with Gasteiger partial charge in [-0.15, -0.1) is 11.8 Å². The van der Waals surface area contributed by atoms with Crippen LogP contribution in [-0.4, -0.2) is 42.8 Å². The highest BCUT2D eigenvalue weighted by Gasteiger charge is 2.42. The SMILES string of the molecule is COc1cccc(SCC(=O)N2CC3CCC(N)C3C2)c1. The Labute approximate surface area is 130 Å². The number of nitrogens with two attached hydrogens (primary N) is 1. The molecule has 5 heteroatoms. The standard InChI is InChI=1S/C16H22N2O2S/c1-20-12-3-2-4-13(7-12)21-10-16(19)18-8-11-5-6-15(17)14(11)9-18/h2-4,7,11,14-15H,5-6,8-10,17H2,1H3. The smallest absolute Gasteiger partial charge is 0.232 e. The van der Waals surface area contributed by atoms with Gasteiger partial charge < -0.3 is 15.4 Å². The van der Waals surface area contributed by atoms with Gasteiger partial charge in [0, 0.05) is 24.0 Å². The second-order valence-electron chi connectivity index (χ2n) is 5.93. The van der Waals surface area contributed by atoms with Crippen LogP contribution >= 0.6 is 11.8 Å². The maximum Gasteiger partial charge on any atom is 0.232 e. The number of likely N-dealkylation sites (tertiary alicyclic amines) is 1. The van der Waals surface area contributed by atoms with Gasteiger partial charge in [-0.1, -0.05) is 6.07 Å². The van der Waals surface area contributed by atoms with E-state index in [2.05, 4.69) is 0 Å². The highest BCUT2D eigenvalue weighted by Crippen LogP contribution is 2.37. The number of ether oxygens (including phenoxy) is 1. The highest BCUT2D eigenvalue weighted by molar-refractivity contribution is 8.00. The molecule has 1 aliphatic heterocycles. The van der Waals surface area contributed by atoms with Crippen LogP contribution in [0.25, 0.3) is 0 Å². The molecule has 21 heavy (non-hydrogen) atoms. The second-order valence-corrected chi connectivity index (χ2v) is 6.98. The van der Waals surface area contributed by atoms with Gasteiger partial charge in [0.15, 0.2) is 0 Å². The Morgan fingerprint density at radius 2 is 2.29 bits per heavy atom. The van der Waals surface area contributed by atoms with E-state index in [-0.39, 0.29) is 5.91 Å². The summed E-state index contributed by atoms with van der Waals surface area (Å²) in [6, 6.07) is 8.13. The van der Waals surface area contributed by atoms with Crippen molar-refractivity contribution in [1.82, 2.24) is 4.90 Å². The van der Waals surface area contributed by atoms with Gasteiger partial charge in [-0.05, 0) is 42.9 Å². The predicted octanol–water partition coefficient (Wildman–Crippen LogP) is 1.98. The monoisotopic (exact) mass is 306 g/mol. The van der Waals surface area contributed by atoms with Gasteiger partial charge in [-0.2, -0.15) is 0 Å². The zero-order chi connectivity index (χ0) is 14.8. The molecule has 2 N–H and O–H groups in total. The van der Waals surface area contributed by atoms with E-state index in [4.69, 9.17) is 10.5 Å². The van der Waals surface area contributed by atoms with Crippen molar-refractivity contribution in [2.75, 3.05) is 26.0 Å². The molecule has 1 heterocycles. The lowest BCUT2D eigenvalue weighted by molar-refractivity contribution is -0.127. The molecule has 114 valence electrons. The first-order valence-corrected chi connectivity index (χ1v) is 8.46. The van der Waals surface area contributed by atoms with E-state index in [1.54, 1.807) is 18.9 Å². The van der Waals surface area contributed by atoms with Crippen molar-refractivity contribution in [3.63, 3.8) is 0 Å². The average Bonchev–Trinajstić information content (AvgIpc) is 3.07. The van der Waals surface area contributed by atoms with Gasteiger partial charge in [0.05, 0.1) is 12.9 Å². The Hall–Kier alpha value is -1.20. The minimum atomic E-state index is 0.226. The van der Waals surface area contributed by atoms with Crippen LogP contribution in [0.4, 0.5) is 0 Å². The number of rotatable bonds is 4. The molecule has 1 saturated heterocycles. The molecule has 3 rings (SSSR count). The molecule has 3 atom stereocenters. The maximum absolute atomic E-state index is 12.3. The first-order valence-electron chi connectivity index (χ1n) is 7.47. The van der Waals surface area contributed by atoms with Crippen molar-refractivity contribution in [3.8, 4) is 5.75 Å². The number of carbonyl (C=O) groups is 1. The summed E-state index contributed by atoms with van der Waals surface area (Å²) in [6.07, 6.45) is 2.30. The second kappa shape index (κ2) is 6.28. The number of methoxy groups -OCH3 is 1. The third kappa shape index (κ3) is 3.19. The summed E-state index contributed by atoms with van der Waals surface area (Å²) in [4.78, 5) is 15.4. The first kappa shape index (κ1) is 14.7. The summed E-state index contributed by atoms with van der Waals surface area (Å²) >= 11 is 1.57. The average molecular weight is 306 g/mol. The van der Waals surface area contributed by atoms with Gasteiger partial charge >= 0.3 is 0 Å². The van der Waals surface area contributed by atoms with Gasteiger partial charge in [0.2, 0.25) is 5.91 Å². The van der Waals surface area contributed by atoms with Crippen LogP contribution < -0.4 is 10.5 Å². The maximum atomic E-state index is 12.3. The fraction of sp³-hybridized carbons (Fsp3) is 0.562. The van der Waals surface area contributed by atoms with E-state index in [0.717, 1.165) is 30.2 Å². The molecule has 0 aromatic heterocycles. The topological polar surface area (TPSA) is 55.6 Å². The van der Waals surface area contributed by atoms with Crippen LogP contribution in [0.3, 0.4) is 0 Å². The Morgan fingerprint density at radius 3 is 3.05 bits per heavy atom. The van der Waals surface area contributed by atoms with Crippen LogP contribution in [0, 0.1) is 11.8 Å². The Morgan fingerprint density at radius 1 is 1.43 bits per heavy atom. The van der Waals surface area contributed by atoms with E-state index in [0.29, 0.717) is 23.6 Å². The van der Waals surface area contributed by atoms with Crippen LogP contribution in [0.1, 0.15) is 12.8 Å². The molecular weight excluding hydrogens is 284 g/mol. The molecule has 0 spiro atoms. The zero-order valence-corrected chi connectivity index (χ0v) is 13.1. The molecule has 2 aliphatic rings. The molecule has 1 aromatic carbocycles. The van der Waals surface area contributed by atoms with Crippen molar-refractivity contribution in [3.05, 3.63) is 24.3 Å². The molecule has 2 fully saturated rings. The molecule has 4 nitrogen and oxygen atoms in total. The summed E-state index contributed by atoms with van der Waals surface area (Å²) in [6.45, 7) is 1.75. The number of benzene rings is 1. The van der Waals surface area contributed by atoms with E-state index < -0.39 is 0 Å². The molecule has 1 amide bonds. The van der Waals surface area contributed by atoms with Gasteiger partial charge in [-0.25, -0.2) is 0 Å². The number of hydrogen-bond donors (Lipinski definition) is 1. The summed E-state index contributed by atoms with van der Waals surface area (Å²) in [7, 11) is 1.65. The van der Waals surface area contributed by atoms with Crippen LogP contribution in [0.5, 0.6) is 5.75 Å². The van der Waals surface area contributed by atoms with E-state index in [1.165, 1.54) is 6.42 Å². The fourth-order valence-corrected chi connectivity index (χ4v) is 4.29. The van der Waals surface area contributed by atoms with Gasteiger partial charge in [0.1, 0.15) is 5.75 Å². The lowest BCUT2D eigenvalue weighted by Crippen LogP contribution is -2.34. The van der Waals surface area contributed by atoms with E-state index in [9.17, 15) is 4.79 Å². The van der Waals surface area contributed by atoms with Crippen LogP contribution in [0.2, 0.25) is 0 Å². The van der Waals surface area contributed by atoms with Crippen molar-refractivity contribution in [2.24, 2.45) is 17.6 Å². The lowest BCUT2D eigenvalue weighted by atomic mass is 9.98. The van der Waals surface area contributed by atoms with Crippen molar-refractivity contribution in [1.29, 1.82) is 0 Å². The minimum absolute atomic E-state index is 0.226. The molecule has 1 aliphatic carbocycles. The summed E-state index contributed by atoms with van der Waals surface area (Å²) in [5.41, 5.74) is 6.12. The molecule has 0 bridgehead atoms. The molecule has 1 saturated carbocycles. The van der Waals surface area contributed by atoms with Crippen LogP contribution in [0.15, 0.2) is 29.2 Å². The number of carbonyl (C=O) groups excluding carboxylic acids is 1. The number of thioether (sulfide) groups is 1. The van der Waals surface area contributed by atoms with E-state index in [1.807, 2.05) is 29.2 Å².